The molecular formula is C16H19NO3. The van der Waals surface area contributed by atoms with Gasteiger partial charge in [-0.2, -0.15) is 0 Å². The molecule has 4 heteroatoms. The molecule has 106 valence electrons. The van der Waals surface area contributed by atoms with Crippen molar-refractivity contribution in [2.75, 3.05) is 7.11 Å². The fraction of sp³-hybridized carbons (Fsp3) is 0.438. The van der Waals surface area contributed by atoms with Gasteiger partial charge in [-0.25, -0.2) is 0 Å². The zero-order valence-electron chi connectivity index (χ0n) is 12.1. The highest BCUT2D eigenvalue weighted by Crippen LogP contribution is 2.48. The molecule has 0 atom stereocenters. The number of phenols is 1. The van der Waals surface area contributed by atoms with Gasteiger partial charge < -0.3 is 14.7 Å². The molecule has 1 heterocycles. The second kappa shape index (κ2) is 4.54. The van der Waals surface area contributed by atoms with Crippen LogP contribution in [0.5, 0.6) is 11.5 Å². The highest BCUT2D eigenvalue weighted by Gasteiger charge is 2.45. The van der Waals surface area contributed by atoms with Crippen LogP contribution < -0.4 is 4.74 Å². The minimum atomic E-state index is -0.259. The van der Waals surface area contributed by atoms with Crippen molar-refractivity contribution in [1.29, 1.82) is 0 Å². The van der Waals surface area contributed by atoms with Crippen LogP contribution in [0.1, 0.15) is 36.0 Å². The highest BCUT2D eigenvalue weighted by atomic mass is 16.6. The lowest BCUT2D eigenvalue weighted by atomic mass is 9.72. The fourth-order valence-electron chi connectivity index (χ4n) is 2.92. The van der Waals surface area contributed by atoms with Crippen LogP contribution in [0.3, 0.4) is 0 Å². The van der Waals surface area contributed by atoms with Crippen molar-refractivity contribution in [3.63, 3.8) is 0 Å². The van der Waals surface area contributed by atoms with Crippen molar-refractivity contribution >= 4 is 12.3 Å². The minimum absolute atomic E-state index is 0.259. The Labute approximate surface area is 118 Å². The number of oxime groups is 1. The van der Waals surface area contributed by atoms with Gasteiger partial charge in [-0.3, -0.25) is 0 Å². The zero-order chi connectivity index (χ0) is 14.3. The van der Waals surface area contributed by atoms with Crippen molar-refractivity contribution in [3.05, 3.63) is 28.3 Å². The smallest absolute Gasteiger partial charge is 0.136 e. The Morgan fingerprint density at radius 3 is 2.75 bits per heavy atom. The Morgan fingerprint density at radius 1 is 1.40 bits per heavy atom. The second-order valence-electron chi connectivity index (χ2n) is 5.55. The van der Waals surface area contributed by atoms with Gasteiger partial charge in [-0.1, -0.05) is 5.16 Å². The monoisotopic (exact) mass is 273 g/mol. The standard InChI is InChI=1S/C16H19NO3/c1-10-7-14-13(11(2)15(10)18)8-12(9-17-19-3)16(20-14)5-4-6-16/h7-9,18H,4-6H2,1-3H3. The first kappa shape index (κ1) is 13.0. The second-order valence-corrected chi connectivity index (χ2v) is 5.55. The summed E-state index contributed by atoms with van der Waals surface area (Å²) in [7, 11) is 1.53. The summed E-state index contributed by atoms with van der Waals surface area (Å²) in [5.74, 6) is 1.18. The Hall–Kier alpha value is -1.97. The van der Waals surface area contributed by atoms with E-state index in [0.717, 1.165) is 47.3 Å². The predicted octanol–water partition coefficient (Wildman–Crippen LogP) is 3.34. The van der Waals surface area contributed by atoms with Gasteiger partial charge >= 0.3 is 0 Å². The number of ether oxygens (including phenoxy) is 1. The lowest BCUT2D eigenvalue weighted by molar-refractivity contribution is 0.0319. The maximum absolute atomic E-state index is 10.1. The molecule has 0 unspecified atom stereocenters. The van der Waals surface area contributed by atoms with Crippen molar-refractivity contribution in [3.8, 4) is 11.5 Å². The van der Waals surface area contributed by atoms with Gasteiger partial charge in [0.15, 0.2) is 0 Å². The Morgan fingerprint density at radius 2 is 2.15 bits per heavy atom. The van der Waals surface area contributed by atoms with E-state index in [1.54, 1.807) is 6.21 Å². The van der Waals surface area contributed by atoms with Crippen LogP contribution >= 0.6 is 0 Å². The van der Waals surface area contributed by atoms with Crippen molar-refractivity contribution in [2.45, 2.75) is 38.7 Å². The van der Waals surface area contributed by atoms with Gasteiger partial charge in [-0.15, -0.1) is 0 Å². The Balaban J connectivity index is 2.14. The molecule has 0 bridgehead atoms. The van der Waals surface area contributed by atoms with E-state index in [2.05, 4.69) is 11.2 Å². The van der Waals surface area contributed by atoms with E-state index in [-0.39, 0.29) is 5.60 Å². The third-order valence-corrected chi connectivity index (χ3v) is 4.34. The first-order valence-electron chi connectivity index (χ1n) is 6.88. The summed E-state index contributed by atoms with van der Waals surface area (Å²) >= 11 is 0. The molecule has 0 aromatic heterocycles. The topological polar surface area (TPSA) is 51.0 Å². The molecule has 1 saturated carbocycles. The summed E-state index contributed by atoms with van der Waals surface area (Å²) in [5.41, 5.74) is 3.38. The number of aromatic hydroxyl groups is 1. The van der Waals surface area contributed by atoms with E-state index >= 15 is 0 Å². The number of fused-ring (bicyclic) bond motifs is 1. The van der Waals surface area contributed by atoms with E-state index in [4.69, 9.17) is 9.57 Å². The molecule has 1 fully saturated rings. The molecule has 1 N–H and O–H groups in total. The zero-order valence-corrected chi connectivity index (χ0v) is 12.1. The minimum Gasteiger partial charge on any atom is -0.507 e. The maximum Gasteiger partial charge on any atom is 0.136 e. The third kappa shape index (κ3) is 1.79. The van der Waals surface area contributed by atoms with Gasteiger partial charge in [-0.05, 0) is 50.8 Å². The summed E-state index contributed by atoms with van der Waals surface area (Å²) in [6.45, 7) is 3.80. The van der Waals surface area contributed by atoms with Crippen LogP contribution in [0.4, 0.5) is 0 Å². The number of benzene rings is 1. The first-order chi connectivity index (χ1) is 9.57. The number of phenolic OH excluding ortho intramolecular Hbond substituents is 1. The molecule has 1 spiro atoms. The highest BCUT2D eigenvalue weighted by molar-refractivity contribution is 5.91. The molecule has 2 aliphatic rings. The normalized spacial score (nSPS) is 19.2. The largest absolute Gasteiger partial charge is 0.507 e. The lowest BCUT2D eigenvalue weighted by Crippen LogP contribution is -2.47. The molecule has 1 aromatic rings. The molecule has 1 aliphatic carbocycles. The summed E-state index contributed by atoms with van der Waals surface area (Å²) in [6.07, 6.45) is 6.93. The van der Waals surface area contributed by atoms with Gasteiger partial charge in [0.25, 0.3) is 0 Å². The fourth-order valence-corrected chi connectivity index (χ4v) is 2.92. The summed E-state index contributed by atoms with van der Waals surface area (Å²) in [5, 5.41) is 14.0. The van der Waals surface area contributed by atoms with Gasteiger partial charge in [0.05, 0.1) is 6.21 Å². The summed E-state index contributed by atoms with van der Waals surface area (Å²) in [6, 6.07) is 1.92. The average Bonchev–Trinajstić information content (AvgIpc) is 2.40. The van der Waals surface area contributed by atoms with Crippen LogP contribution in [0.25, 0.3) is 6.08 Å². The molecule has 1 aliphatic heterocycles. The van der Waals surface area contributed by atoms with Crippen molar-refractivity contribution < 1.29 is 14.7 Å². The van der Waals surface area contributed by atoms with Crippen molar-refractivity contribution in [2.24, 2.45) is 5.16 Å². The lowest BCUT2D eigenvalue weighted by Gasteiger charge is -2.45. The van der Waals surface area contributed by atoms with Crippen LogP contribution in [0.15, 0.2) is 16.8 Å². The van der Waals surface area contributed by atoms with Crippen LogP contribution in [0.2, 0.25) is 0 Å². The number of hydrogen-bond donors (Lipinski definition) is 1. The molecule has 4 nitrogen and oxygen atoms in total. The predicted molar refractivity (Wildman–Crippen MR) is 78.3 cm³/mol. The molecule has 0 radical (unpaired) electrons. The third-order valence-electron chi connectivity index (χ3n) is 4.34. The van der Waals surface area contributed by atoms with E-state index in [1.165, 1.54) is 7.11 Å². The quantitative estimate of drug-likeness (QED) is 0.664. The van der Waals surface area contributed by atoms with Crippen LogP contribution in [-0.4, -0.2) is 24.0 Å². The number of hydrogen-bond acceptors (Lipinski definition) is 4. The van der Waals surface area contributed by atoms with Crippen molar-refractivity contribution in [1.82, 2.24) is 0 Å². The number of rotatable bonds is 2. The van der Waals surface area contributed by atoms with E-state index in [1.807, 2.05) is 19.9 Å². The number of aryl methyl sites for hydroxylation is 1. The van der Waals surface area contributed by atoms with Crippen LogP contribution in [0, 0.1) is 13.8 Å². The molecule has 0 amide bonds. The molecule has 0 saturated heterocycles. The van der Waals surface area contributed by atoms with E-state index in [9.17, 15) is 5.11 Å². The van der Waals surface area contributed by atoms with Crippen LogP contribution in [-0.2, 0) is 4.84 Å². The van der Waals surface area contributed by atoms with Gasteiger partial charge in [0.2, 0.25) is 0 Å². The average molecular weight is 273 g/mol. The molecule has 1 aromatic carbocycles. The SMILES string of the molecule is CON=CC1=Cc2c(cc(C)c(O)c2C)OC12CCC2. The Kier molecular flexibility index (Phi) is 2.96. The van der Waals surface area contributed by atoms with E-state index < -0.39 is 0 Å². The molecule has 3 rings (SSSR count). The summed E-state index contributed by atoms with van der Waals surface area (Å²) < 4.78 is 6.26. The van der Waals surface area contributed by atoms with Gasteiger partial charge in [0, 0.05) is 16.7 Å². The van der Waals surface area contributed by atoms with Gasteiger partial charge in [0.1, 0.15) is 24.2 Å². The number of nitrogens with zero attached hydrogens (tertiary/aromatic N) is 1. The maximum atomic E-state index is 10.1. The summed E-state index contributed by atoms with van der Waals surface area (Å²) in [4.78, 5) is 4.79. The molecule has 20 heavy (non-hydrogen) atoms. The Bertz CT molecular complexity index is 613. The molecular weight excluding hydrogens is 254 g/mol. The first-order valence-corrected chi connectivity index (χ1v) is 6.88. The van der Waals surface area contributed by atoms with E-state index in [0.29, 0.717) is 5.75 Å².